The third-order valence-corrected chi connectivity index (χ3v) is 3.20. The maximum absolute atomic E-state index is 5.85. The van der Waals surface area contributed by atoms with Gasteiger partial charge in [0, 0.05) is 24.2 Å². The summed E-state index contributed by atoms with van der Waals surface area (Å²) in [5.74, 6) is 1.33. The van der Waals surface area contributed by atoms with E-state index in [1.54, 1.807) is 16.8 Å². The van der Waals surface area contributed by atoms with Gasteiger partial charge >= 0.3 is 0 Å². The van der Waals surface area contributed by atoms with Crippen LogP contribution in [0.5, 0.6) is 5.75 Å². The smallest absolute Gasteiger partial charge is 0.145 e. The molecule has 0 aliphatic rings. The maximum Gasteiger partial charge on any atom is 0.145 e. The van der Waals surface area contributed by atoms with Crippen LogP contribution in [0.1, 0.15) is 6.42 Å². The Hall–Kier alpha value is -1.20. The highest BCUT2D eigenvalue weighted by molar-refractivity contribution is 9.10. The lowest BCUT2D eigenvalue weighted by Crippen LogP contribution is -2.05. The number of nitrogens with zero attached hydrogens (tertiary/aromatic N) is 2. The van der Waals surface area contributed by atoms with Crippen molar-refractivity contribution in [3.05, 3.63) is 40.0 Å². The molecule has 0 aliphatic heterocycles. The Morgan fingerprint density at radius 2 is 2.22 bits per heavy atom. The zero-order valence-electron chi connectivity index (χ0n) is 9.64. The molecule has 2 rings (SSSR count). The van der Waals surface area contributed by atoms with E-state index in [0.29, 0.717) is 17.4 Å². The lowest BCUT2D eigenvalue weighted by Gasteiger charge is -2.08. The third-order valence-electron chi connectivity index (χ3n) is 2.34. The molecule has 2 N–H and O–H groups in total. The first-order valence-electron chi connectivity index (χ1n) is 5.52. The van der Waals surface area contributed by atoms with E-state index in [-0.39, 0.29) is 0 Å². The van der Waals surface area contributed by atoms with Gasteiger partial charge in [-0.25, -0.2) is 0 Å². The van der Waals surface area contributed by atoms with Gasteiger partial charge in [-0.2, -0.15) is 5.10 Å². The number of halogens is 2. The summed E-state index contributed by atoms with van der Waals surface area (Å²) in [5, 5.41) is 4.78. The number of rotatable bonds is 5. The number of hydrogen-bond donors (Lipinski definition) is 1. The van der Waals surface area contributed by atoms with Gasteiger partial charge in [-0.05, 0) is 40.2 Å². The molecule has 0 saturated carbocycles. The van der Waals surface area contributed by atoms with Crippen LogP contribution in [-0.2, 0) is 6.54 Å². The van der Waals surface area contributed by atoms with Gasteiger partial charge in [-0.15, -0.1) is 0 Å². The van der Waals surface area contributed by atoms with E-state index in [1.165, 1.54) is 0 Å². The van der Waals surface area contributed by atoms with Crippen molar-refractivity contribution < 1.29 is 4.74 Å². The van der Waals surface area contributed by atoms with Gasteiger partial charge in [0.2, 0.25) is 0 Å². The molecule has 0 radical (unpaired) electrons. The molecule has 18 heavy (non-hydrogen) atoms. The van der Waals surface area contributed by atoms with Crippen LogP contribution in [0.2, 0.25) is 5.02 Å². The van der Waals surface area contributed by atoms with Gasteiger partial charge in [0.05, 0.1) is 11.1 Å². The lowest BCUT2D eigenvalue weighted by atomic mass is 10.3. The van der Waals surface area contributed by atoms with Crippen molar-refractivity contribution in [3.8, 4) is 5.75 Å². The Bertz CT molecular complexity index is 530. The number of aromatic nitrogens is 2. The molecule has 1 aromatic heterocycles. The van der Waals surface area contributed by atoms with Crippen molar-refractivity contribution in [1.29, 1.82) is 0 Å². The van der Waals surface area contributed by atoms with Crippen molar-refractivity contribution in [2.24, 2.45) is 0 Å². The fraction of sp³-hybridized carbons (Fsp3) is 0.250. The fourth-order valence-corrected chi connectivity index (χ4v) is 2.30. The molecule has 0 spiro atoms. The van der Waals surface area contributed by atoms with Crippen molar-refractivity contribution in [2.75, 3.05) is 12.3 Å². The van der Waals surface area contributed by atoms with Crippen LogP contribution in [0.15, 0.2) is 34.9 Å². The predicted molar refractivity (Wildman–Crippen MR) is 75.9 cm³/mol. The molecule has 6 heteroatoms. The van der Waals surface area contributed by atoms with Crippen molar-refractivity contribution >= 4 is 33.3 Å². The second-order valence-corrected chi connectivity index (χ2v) is 5.07. The SMILES string of the molecule is Nc1ccn(CCCOc2ccc(Cl)cc2Br)n1. The molecular weight excluding hydrogens is 318 g/mol. The Kier molecular flexibility index (Phi) is 4.49. The highest BCUT2D eigenvalue weighted by Gasteiger charge is 2.02. The number of nitrogen functional groups attached to an aromatic ring is 1. The first kappa shape index (κ1) is 13.2. The molecule has 1 heterocycles. The van der Waals surface area contributed by atoms with Crippen molar-refractivity contribution in [3.63, 3.8) is 0 Å². The molecule has 0 aliphatic carbocycles. The summed E-state index contributed by atoms with van der Waals surface area (Å²) in [7, 11) is 0. The summed E-state index contributed by atoms with van der Waals surface area (Å²) in [6.45, 7) is 1.39. The van der Waals surface area contributed by atoms with Crippen LogP contribution >= 0.6 is 27.5 Å². The highest BCUT2D eigenvalue weighted by Crippen LogP contribution is 2.27. The van der Waals surface area contributed by atoms with Crippen LogP contribution in [-0.4, -0.2) is 16.4 Å². The second-order valence-electron chi connectivity index (χ2n) is 3.78. The molecule has 1 aromatic carbocycles. The van der Waals surface area contributed by atoms with Gasteiger partial charge in [-0.3, -0.25) is 4.68 Å². The van der Waals surface area contributed by atoms with Crippen LogP contribution in [0.3, 0.4) is 0 Å². The molecule has 2 aromatic rings. The Labute approximate surface area is 119 Å². The summed E-state index contributed by atoms with van der Waals surface area (Å²) in [4.78, 5) is 0. The highest BCUT2D eigenvalue weighted by atomic mass is 79.9. The van der Waals surface area contributed by atoms with E-state index < -0.39 is 0 Å². The molecule has 0 bridgehead atoms. The minimum absolute atomic E-state index is 0.538. The number of hydrogen-bond acceptors (Lipinski definition) is 3. The zero-order chi connectivity index (χ0) is 13.0. The second kappa shape index (κ2) is 6.11. The van der Waals surface area contributed by atoms with Crippen LogP contribution < -0.4 is 10.5 Å². The minimum Gasteiger partial charge on any atom is -0.492 e. The third kappa shape index (κ3) is 3.65. The van der Waals surface area contributed by atoms with Gasteiger partial charge in [-0.1, -0.05) is 11.6 Å². The topological polar surface area (TPSA) is 53.1 Å². The van der Waals surface area contributed by atoms with Gasteiger partial charge in [0.25, 0.3) is 0 Å². The number of ether oxygens (including phenoxy) is 1. The minimum atomic E-state index is 0.538. The molecule has 0 amide bonds. The van der Waals surface area contributed by atoms with E-state index in [2.05, 4.69) is 21.0 Å². The number of benzene rings is 1. The molecule has 0 saturated heterocycles. The summed E-state index contributed by atoms with van der Waals surface area (Å²) in [6.07, 6.45) is 2.71. The number of anilines is 1. The fourth-order valence-electron chi connectivity index (χ4n) is 1.50. The van der Waals surface area contributed by atoms with Gasteiger partial charge < -0.3 is 10.5 Å². The average molecular weight is 331 g/mol. The maximum atomic E-state index is 5.85. The number of nitrogens with two attached hydrogens (primary N) is 1. The first-order chi connectivity index (χ1) is 8.65. The van der Waals surface area contributed by atoms with E-state index in [4.69, 9.17) is 22.1 Å². The summed E-state index contributed by atoms with van der Waals surface area (Å²) >= 11 is 9.26. The number of aryl methyl sites for hydroxylation is 1. The van der Waals surface area contributed by atoms with Crippen LogP contribution in [0.25, 0.3) is 0 Å². The standard InChI is InChI=1S/C12H13BrClN3O/c13-10-8-9(14)2-3-11(10)18-7-1-5-17-6-4-12(15)16-17/h2-4,6,8H,1,5,7H2,(H2,15,16). The monoisotopic (exact) mass is 329 g/mol. The zero-order valence-corrected chi connectivity index (χ0v) is 12.0. The van der Waals surface area contributed by atoms with Gasteiger partial charge in [0.1, 0.15) is 11.6 Å². The molecule has 96 valence electrons. The summed E-state index contributed by atoms with van der Waals surface area (Å²) < 4.78 is 8.30. The predicted octanol–water partition coefficient (Wildman–Crippen LogP) is 3.35. The first-order valence-corrected chi connectivity index (χ1v) is 6.69. The van der Waals surface area contributed by atoms with Crippen molar-refractivity contribution in [1.82, 2.24) is 9.78 Å². The molecule has 0 unspecified atom stereocenters. The van der Waals surface area contributed by atoms with Crippen molar-refractivity contribution in [2.45, 2.75) is 13.0 Å². The summed E-state index contributed by atoms with van der Waals surface area (Å²) in [6, 6.07) is 7.23. The molecule has 0 atom stereocenters. The summed E-state index contributed by atoms with van der Waals surface area (Å²) in [5.41, 5.74) is 5.53. The normalized spacial score (nSPS) is 10.6. The van der Waals surface area contributed by atoms with Gasteiger partial charge in [0.15, 0.2) is 0 Å². The van der Waals surface area contributed by atoms with Crippen LogP contribution in [0, 0.1) is 0 Å². The quantitative estimate of drug-likeness (QED) is 0.855. The van der Waals surface area contributed by atoms with Crippen LogP contribution in [0.4, 0.5) is 5.82 Å². The largest absolute Gasteiger partial charge is 0.492 e. The molecular formula is C12H13BrClN3O. The Morgan fingerprint density at radius 1 is 1.39 bits per heavy atom. The Balaban J connectivity index is 1.78. The lowest BCUT2D eigenvalue weighted by molar-refractivity contribution is 0.297. The molecule has 0 fully saturated rings. The van der Waals surface area contributed by atoms with E-state index in [0.717, 1.165) is 23.2 Å². The van der Waals surface area contributed by atoms with E-state index >= 15 is 0 Å². The Morgan fingerprint density at radius 3 is 2.89 bits per heavy atom. The van der Waals surface area contributed by atoms with E-state index in [1.807, 2.05) is 18.3 Å². The molecule has 4 nitrogen and oxygen atoms in total. The van der Waals surface area contributed by atoms with E-state index in [9.17, 15) is 0 Å². The average Bonchev–Trinajstić information content (AvgIpc) is 2.73.